The van der Waals surface area contributed by atoms with E-state index < -0.39 is 5.41 Å². The smallest absolute Gasteiger partial charge is 0.321 e. The van der Waals surface area contributed by atoms with Gasteiger partial charge < -0.3 is 20.3 Å². The van der Waals surface area contributed by atoms with Gasteiger partial charge in [0.2, 0.25) is 5.91 Å². The normalized spacial score (nSPS) is 15.5. The number of rotatable bonds is 5. The van der Waals surface area contributed by atoms with Crippen LogP contribution in [0.3, 0.4) is 0 Å². The molecule has 1 heterocycles. The van der Waals surface area contributed by atoms with Crippen molar-refractivity contribution in [2.24, 2.45) is 5.41 Å². The van der Waals surface area contributed by atoms with Crippen molar-refractivity contribution in [3.63, 3.8) is 0 Å². The van der Waals surface area contributed by atoms with Crippen molar-refractivity contribution in [2.75, 3.05) is 25.5 Å². The summed E-state index contributed by atoms with van der Waals surface area (Å²) < 4.78 is 5.22. The second-order valence-corrected chi connectivity index (χ2v) is 7.96. The molecule has 1 saturated heterocycles. The predicted octanol–water partition coefficient (Wildman–Crippen LogP) is 4.30. The van der Waals surface area contributed by atoms with Gasteiger partial charge in [-0.1, -0.05) is 36.7 Å². The van der Waals surface area contributed by atoms with E-state index in [0.29, 0.717) is 43.2 Å². The van der Waals surface area contributed by atoms with Crippen molar-refractivity contribution in [3.8, 4) is 5.75 Å². The fourth-order valence-electron chi connectivity index (χ4n) is 3.38. The molecule has 29 heavy (non-hydrogen) atoms. The number of benzene rings is 2. The Bertz CT molecular complexity index is 879. The fraction of sp³-hybridized carbons (Fsp3) is 0.364. The van der Waals surface area contributed by atoms with Crippen molar-refractivity contribution >= 4 is 29.2 Å². The summed E-state index contributed by atoms with van der Waals surface area (Å²) in [6.07, 6.45) is 1.22. The molecule has 0 radical (unpaired) electrons. The minimum Gasteiger partial charge on any atom is -0.497 e. The number of halogens is 1. The zero-order valence-corrected chi connectivity index (χ0v) is 17.5. The topological polar surface area (TPSA) is 70.7 Å². The van der Waals surface area contributed by atoms with E-state index in [1.165, 1.54) is 0 Å². The van der Waals surface area contributed by atoms with E-state index in [4.69, 9.17) is 16.3 Å². The standard InChI is InChI=1S/C22H26ClN3O3/c1-22(20(27)24-15-16-5-3-8-19(13-16)29-2)9-11-26(12-10-22)21(28)25-18-7-4-6-17(23)14-18/h3-8,13-14H,9-12,15H2,1-2H3,(H,24,27)(H,25,28). The van der Waals surface area contributed by atoms with Crippen LogP contribution in [-0.2, 0) is 11.3 Å². The molecule has 0 aromatic heterocycles. The minimum absolute atomic E-state index is 0.00946. The molecule has 2 aromatic rings. The molecular weight excluding hydrogens is 390 g/mol. The van der Waals surface area contributed by atoms with Gasteiger partial charge in [0, 0.05) is 35.8 Å². The first-order valence-corrected chi connectivity index (χ1v) is 10.0. The number of likely N-dealkylation sites (tertiary alicyclic amines) is 1. The molecule has 3 amide bonds. The Morgan fingerprint density at radius 3 is 2.55 bits per heavy atom. The maximum absolute atomic E-state index is 12.8. The van der Waals surface area contributed by atoms with Crippen molar-refractivity contribution in [1.82, 2.24) is 10.2 Å². The third-order valence-electron chi connectivity index (χ3n) is 5.37. The van der Waals surface area contributed by atoms with Gasteiger partial charge in [-0.3, -0.25) is 4.79 Å². The number of ether oxygens (including phenoxy) is 1. The summed E-state index contributed by atoms with van der Waals surface area (Å²) in [6, 6.07) is 14.5. The highest BCUT2D eigenvalue weighted by Crippen LogP contribution is 2.31. The van der Waals surface area contributed by atoms with Gasteiger partial charge in [0.1, 0.15) is 5.75 Å². The molecule has 2 N–H and O–H groups in total. The summed E-state index contributed by atoms with van der Waals surface area (Å²) in [5, 5.41) is 6.45. The van der Waals surface area contributed by atoms with Gasteiger partial charge in [-0.2, -0.15) is 0 Å². The van der Waals surface area contributed by atoms with Crippen LogP contribution >= 0.6 is 11.6 Å². The average molecular weight is 416 g/mol. The van der Waals surface area contributed by atoms with Crippen LogP contribution in [0.4, 0.5) is 10.5 Å². The maximum atomic E-state index is 12.8. The fourth-order valence-corrected chi connectivity index (χ4v) is 3.57. The van der Waals surface area contributed by atoms with E-state index in [1.807, 2.05) is 31.2 Å². The Hall–Kier alpha value is -2.73. The largest absolute Gasteiger partial charge is 0.497 e. The number of urea groups is 1. The molecule has 2 aromatic carbocycles. The van der Waals surface area contributed by atoms with Gasteiger partial charge in [-0.15, -0.1) is 0 Å². The number of methoxy groups -OCH3 is 1. The number of carbonyl (C=O) groups excluding carboxylic acids is 2. The van der Waals surface area contributed by atoms with Gasteiger partial charge in [0.25, 0.3) is 0 Å². The van der Waals surface area contributed by atoms with Crippen LogP contribution in [0, 0.1) is 5.41 Å². The Kier molecular flexibility index (Phi) is 6.64. The van der Waals surface area contributed by atoms with E-state index >= 15 is 0 Å². The van der Waals surface area contributed by atoms with Gasteiger partial charge in [-0.25, -0.2) is 4.79 Å². The number of anilines is 1. The molecule has 3 rings (SSSR count). The summed E-state index contributed by atoms with van der Waals surface area (Å²) in [5.74, 6) is 0.775. The number of nitrogens with zero attached hydrogens (tertiary/aromatic N) is 1. The SMILES string of the molecule is COc1cccc(CNC(=O)C2(C)CCN(C(=O)Nc3cccc(Cl)c3)CC2)c1. The first-order valence-electron chi connectivity index (χ1n) is 9.62. The highest BCUT2D eigenvalue weighted by molar-refractivity contribution is 6.30. The number of hydrogen-bond acceptors (Lipinski definition) is 3. The molecular formula is C22H26ClN3O3. The number of hydrogen-bond donors (Lipinski definition) is 2. The molecule has 154 valence electrons. The number of amides is 3. The Morgan fingerprint density at radius 2 is 1.86 bits per heavy atom. The minimum atomic E-state index is -0.494. The third kappa shape index (κ3) is 5.41. The summed E-state index contributed by atoms with van der Waals surface area (Å²) in [7, 11) is 1.62. The summed E-state index contributed by atoms with van der Waals surface area (Å²) in [5.41, 5.74) is 1.15. The van der Waals surface area contributed by atoms with E-state index in [1.54, 1.807) is 36.3 Å². The molecule has 0 spiro atoms. The second kappa shape index (κ2) is 9.18. The molecule has 0 saturated carbocycles. The lowest BCUT2D eigenvalue weighted by Gasteiger charge is -2.38. The Morgan fingerprint density at radius 1 is 1.14 bits per heavy atom. The van der Waals surface area contributed by atoms with Crippen molar-refractivity contribution in [1.29, 1.82) is 0 Å². The van der Waals surface area contributed by atoms with Crippen LogP contribution in [0.5, 0.6) is 5.75 Å². The highest BCUT2D eigenvalue weighted by Gasteiger charge is 2.37. The van der Waals surface area contributed by atoms with Crippen molar-refractivity contribution in [3.05, 3.63) is 59.1 Å². The lowest BCUT2D eigenvalue weighted by Crippen LogP contribution is -2.49. The van der Waals surface area contributed by atoms with E-state index in [0.717, 1.165) is 11.3 Å². The van der Waals surface area contributed by atoms with Gasteiger partial charge in [0.05, 0.1) is 7.11 Å². The van der Waals surface area contributed by atoms with Crippen LogP contribution in [0.2, 0.25) is 5.02 Å². The summed E-state index contributed by atoms with van der Waals surface area (Å²) >= 11 is 5.96. The van der Waals surface area contributed by atoms with E-state index in [2.05, 4.69) is 10.6 Å². The molecule has 0 aliphatic carbocycles. The van der Waals surface area contributed by atoms with Gasteiger partial charge in [-0.05, 0) is 48.7 Å². The maximum Gasteiger partial charge on any atom is 0.321 e. The lowest BCUT2D eigenvalue weighted by atomic mass is 9.79. The molecule has 1 aliphatic heterocycles. The van der Waals surface area contributed by atoms with Gasteiger partial charge >= 0.3 is 6.03 Å². The van der Waals surface area contributed by atoms with E-state index in [-0.39, 0.29) is 11.9 Å². The molecule has 0 unspecified atom stereocenters. The lowest BCUT2D eigenvalue weighted by molar-refractivity contribution is -0.132. The number of nitrogens with one attached hydrogen (secondary N) is 2. The monoisotopic (exact) mass is 415 g/mol. The Balaban J connectivity index is 1.51. The van der Waals surface area contributed by atoms with Gasteiger partial charge in [0.15, 0.2) is 0 Å². The number of piperidine rings is 1. The van der Waals surface area contributed by atoms with Crippen LogP contribution in [0.25, 0.3) is 0 Å². The van der Waals surface area contributed by atoms with Crippen molar-refractivity contribution < 1.29 is 14.3 Å². The van der Waals surface area contributed by atoms with Crippen molar-refractivity contribution in [2.45, 2.75) is 26.3 Å². The second-order valence-electron chi connectivity index (χ2n) is 7.52. The van der Waals surface area contributed by atoms with E-state index in [9.17, 15) is 9.59 Å². The Labute approximate surface area is 176 Å². The summed E-state index contributed by atoms with van der Waals surface area (Å²) in [4.78, 5) is 27.0. The number of carbonyl (C=O) groups is 2. The molecule has 7 heteroatoms. The molecule has 6 nitrogen and oxygen atoms in total. The van der Waals surface area contributed by atoms with Crippen LogP contribution in [0.15, 0.2) is 48.5 Å². The first-order chi connectivity index (χ1) is 13.9. The zero-order valence-electron chi connectivity index (χ0n) is 16.7. The quantitative estimate of drug-likeness (QED) is 0.764. The molecule has 0 atom stereocenters. The average Bonchev–Trinajstić information content (AvgIpc) is 2.72. The first kappa shape index (κ1) is 21.0. The van der Waals surface area contributed by atoms with Crippen LogP contribution in [-0.4, -0.2) is 37.0 Å². The third-order valence-corrected chi connectivity index (χ3v) is 5.60. The molecule has 1 fully saturated rings. The highest BCUT2D eigenvalue weighted by atomic mass is 35.5. The van der Waals surface area contributed by atoms with Crippen LogP contribution < -0.4 is 15.4 Å². The zero-order chi connectivity index (χ0) is 20.9. The summed E-state index contributed by atoms with van der Waals surface area (Å²) in [6.45, 7) is 3.45. The molecule has 1 aliphatic rings. The predicted molar refractivity (Wildman–Crippen MR) is 114 cm³/mol. The molecule has 0 bridgehead atoms. The van der Waals surface area contributed by atoms with Crippen LogP contribution in [0.1, 0.15) is 25.3 Å².